The first-order valence-corrected chi connectivity index (χ1v) is 9.34. The SMILES string of the molecule is CCNC(=NCc1nc(C)c(C)s1)NCCNc1ncccc1C(F)(F)F.I. The van der Waals surface area contributed by atoms with Crippen LogP contribution in [0.25, 0.3) is 0 Å². The maximum Gasteiger partial charge on any atom is 0.419 e. The summed E-state index contributed by atoms with van der Waals surface area (Å²) in [6.07, 6.45) is -3.11. The monoisotopic (exact) mass is 528 g/mol. The van der Waals surface area contributed by atoms with Gasteiger partial charge in [-0.2, -0.15) is 13.2 Å². The fourth-order valence-corrected chi connectivity index (χ4v) is 3.09. The molecule has 2 aromatic rings. The molecule has 3 N–H and O–H groups in total. The van der Waals surface area contributed by atoms with Crippen LogP contribution in [-0.2, 0) is 12.7 Å². The Kier molecular flexibility index (Phi) is 9.93. The van der Waals surface area contributed by atoms with Crippen LogP contribution in [0, 0.1) is 13.8 Å². The number of aliphatic imine (C=N–C) groups is 1. The highest BCUT2D eigenvalue weighted by Gasteiger charge is 2.33. The third-order valence-electron chi connectivity index (χ3n) is 3.61. The second kappa shape index (κ2) is 11.4. The molecular formula is C17H24F3IN6S. The highest BCUT2D eigenvalue weighted by atomic mass is 127. The van der Waals surface area contributed by atoms with Crippen molar-refractivity contribution in [2.24, 2.45) is 4.99 Å². The van der Waals surface area contributed by atoms with Crippen LogP contribution in [-0.4, -0.2) is 35.6 Å². The topological polar surface area (TPSA) is 74.2 Å². The van der Waals surface area contributed by atoms with Gasteiger partial charge in [-0.25, -0.2) is 15.0 Å². The molecule has 2 aromatic heterocycles. The summed E-state index contributed by atoms with van der Waals surface area (Å²) >= 11 is 1.60. The quantitative estimate of drug-likeness (QED) is 0.220. The third kappa shape index (κ3) is 7.41. The number of hydrogen-bond donors (Lipinski definition) is 3. The number of guanidine groups is 1. The highest BCUT2D eigenvalue weighted by molar-refractivity contribution is 14.0. The van der Waals surface area contributed by atoms with Crippen molar-refractivity contribution >= 4 is 47.1 Å². The zero-order valence-corrected chi connectivity index (χ0v) is 19.0. The molecule has 0 saturated heterocycles. The van der Waals surface area contributed by atoms with Gasteiger partial charge in [0.25, 0.3) is 0 Å². The van der Waals surface area contributed by atoms with E-state index in [2.05, 4.69) is 30.9 Å². The molecule has 0 amide bonds. The van der Waals surface area contributed by atoms with Crippen molar-refractivity contribution in [3.8, 4) is 0 Å². The second-order valence-corrected chi connectivity index (χ2v) is 6.98. The van der Waals surface area contributed by atoms with Gasteiger partial charge in [-0.15, -0.1) is 35.3 Å². The van der Waals surface area contributed by atoms with E-state index >= 15 is 0 Å². The van der Waals surface area contributed by atoms with Crippen LogP contribution < -0.4 is 16.0 Å². The van der Waals surface area contributed by atoms with Crippen LogP contribution in [0.5, 0.6) is 0 Å². The van der Waals surface area contributed by atoms with E-state index in [1.165, 1.54) is 12.3 Å². The summed E-state index contributed by atoms with van der Waals surface area (Å²) in [4.78, 5) is 13.8. The molecule has 0 aliphatic carbocycles. The summed E-state index contributed by atoms with van der Waals surface area (Å²) in [5.41, 5.74) is 0.225. The Morgan fingerprint density at radius 2 is 1.96 bits per heavy atom. The van der Waals surface area contributed by atoms with Crippen LogP contribution in [0.2, 0.25) is 0 Å². The molecule has 0 aliphatic rings. The summed E-state index contributed by atoms with van der Waals surface area (Å²) < 4.78 is 38.8. The van der Waals surface area contributed by atoms with E-state index in [1.54, 1.807) is 11.3 Å². The van der Waals surface area contributed by atoms with Gasteiger partial charge in [0.15, 0.2) is 5.96 Å². The minimum atomic E-state index is -4.44. The Morgan fingerprint density at radius 3 is 2.57 bits per heavy atom. The maximum atomic E-state index is 12.9. The number of nitrogens with zero attached hydrogens (tertiary/aromatic N) is 3. The number of rotatable bonds is 7. The zero-order chi connectivity index (χ0) is 19.9. The van der Waals surface area contributed by atoms with Gasteiger partial charge in [0.05, 0.1) is 17.8 Å². The Bertz CT molecular complexity index is 759. The van der Waals surface area contributed by atoms with Crippen molar-refractivity contribution < 1.29 is 13.2 Å². The molecule has 2 rings (SSSR count). The van der Waals surface area contributed by atoms with Gasteiger partial charge in [-0.1, -0.05) is 0 Å². The van der Waals surface area contributed by atoms with E-state index in [1.807, 2.05) is 20.8 Å². The first kappa shape index (κ1) is 24.4. The Morgan fingerprint density at radius 1 is 1.21 bits per heavy atom. The van der Waals surface area contributed by atoms with Gasteiger partial charge >= 0.3 is 6.18 Å². The van der Waals surface area contributed by atoms with E-state index in [0.717, 1.165) is 21.6 Å². The number of aromatic nitrogens is 2. The Balaban J connectivity index is 0.00000392. The lowest BCUT2D eigenvalue weighted by Crippen LogP contribution is -2.39. The van der Waals surface area contributed by atoms with Crippen LogP contribution >= 0.6 is 35.3 Å². The van der Waals surface area contributed by atoms with Crippen LogP contribution in [0.4, 0.5) is 19.0 Å². The van der Waals surface area contributed by atoms with E-state index in [4.69, 9.17) is 0 Å². The minimum absolute atomic E-state index is 0. The van der Waals surface area contributed by atoms with Crippen LogP contribution in [0.1, 0.15) is 28.1 Å². The first-order valence-electron chi connectivity index (χ1n) is 8.52. The number of hydrogen-bond acceptors (Lipinski definition) is 5. The lowest BCUT2D eigenvalue weighted by molar-refractivity contribution is -0.137. The molecule has 156 valence electrons. The van der Waals surface area contributed by atoms with Crippen molar-refractivity contribution in [1.29, 1.82) is 0 Å². The highest BCUT2D eigenvalue weighted by Crippen LogP contribution is 2.33. The number of pyridine rings is 1. The summed E-state index contributed by atoms with van der Waals surface area (Å²) in [5.74, 6) is 0.407. The van der Waals surface area contributed by atoms with Gasteiger partial charge < -0.3 is 16.0 Å². The second-order valence-electron chi connectivity index (χ2n) is 5.70. The number of nitrogens with one attached hydrogen (secondary N) is 3. The summed E-state index contributed by atoms with van der Waals surface area (Å²) in [6, 6.07) is 2.27. The molecule has 0 unspecified atom stereocenters. The van der Waals surface area contributed by atoms with Crippen molar-refractivity contribution in [2.45, 2.75) is 33.5 Å². The van der Waals surface area contributed by atoms with E-state index in [-0.39, 0.29) is 36.3 Å². The zero-order valence-electron chi connectivity index (χ0n) is 15.9. The van der Waals surface area contributed by atoms with Gasteiger partial charge in [0.2, 0.25) is 0 Å². The fraction of sp³-hybridized carbons (Fsp3) is 0.471. The summed E-state index contributed by atoms with van der Waals surface area (Å²) in [5, 5.41) is 9.82. The van der Waals surface area contributed by atoms with Crippen molar-refractivity contribution in [1.82, 2.24) is 20.6 Å². The molecular weight excluding hydrogens is 504 g/mol. The minimum Gasteiger partial charge on any atom is -0.368 e. The number of halogens is 4. The summed E-state index contributed by atoms with van der Waals surface area (Å²) in [6.45, 7) is 7.68. The largest absolute Gasteiger partial charge is 0.419 e. The number of alkyl halides is 3. The fourth-order valence-electron chi connectivity index (χ4n) is 2.23. The molecule has 0 atom stereocenters. The van der Waals surface area contributed by atoms with Gasteiger partial charge in [-0.3, -0.25) is 0 Å². The molecule has 0 aromatic carbocycles. The van der Waals surface area contributed by atoms with E-state index in [9.17, 15) is 13.2 Å². The van der Waals surface area contributed by atoms with Gasteiger partial charge in [-0.05, 0) is 32.9 Å². The van der Waals surface area contributed by atoms with Crippen LogP contribution in [0.3, 0.4) is 0 Å². The standard InChI is InChI=1S/C17H23F3N6S.HI/c1-4-21-16(25-10-14-26-11(2)12(3)27-14)24-9-8-23-15-13(17(18,19)20)6-5-7-22-15;/h5-7H,4,8-10H2,1-3H3,(H,22,23)(H2,21,24,25);1H. The molecule has 0 bridgehead atoms. The maximum absolute atomic E-state index is 12.9. The molecule has 6 nitrogen and oxygen atoms in total. The normalized spacial score (nSPS) is 11.7. The van der Waals surface area contributed by atoms with Crippen molar-refractivity contribution in [3.63, 3.8) is 0 Å². The van der Waals surface area contributed by atoms with E-state index < -0.39 is 11.7 Å². The van der Waals surface area contributed by atoms with Gasteiger partial charge in [0, 0.05) is 30.7 Å². The molecule has 11 heteroatoms. The first-order chi connectivity index (χ1) is 12.8. The molecule has 2 heterocycles. The average molecular weight is 528 g/mol. The van der Waals surface area contributed by atoms with Gasteiger partial charge in [0.1, 0.15) is 10.8 Å². The average Bonchev–Trinajstić information content (AvgIpc) is 2.94. The Labute approximate surface area is 183 Å². The van der Waals surface area contributed by atoms with E-state index in [0.29, 0.717) is 25.6 Å². The number of aryl methyl sites for hydroxylation is 2. The predicted molar refractivity (Wildman–Crippen MR) is 118 cm³/mol. The lowest BCUT2D eigenvalue weighted by atomic mass is 10.2. The summed E-state index contributed by atoms with van der Waals surface area (Å²) in [7, 11) is 0. The molecule has 0 spiro atoms. The van der Waals surface area contributed by atoms with Crippen molar-refractivity contribution in [3.05, 3.63) is 39.5 Å². The third-order valence-corrected chi connectivity index (χ3v) is 4.67. The molecule has 0 radical (unpaired) electrons. The number of anilines is 1. The molecule has 0 saturated carbocycles. The lowest BCUT2D eigenvalue weighted by Gasteiger charge is -2.14. The van der Waals surface area contributed by atoms with Crippen LogP contribution in [0.15, 0.2) is 23.3 Å². The Hall–Kier alpha value is -1.63. The smallest absolute Gasteiger partial charge is 0.368 e. The molecule has 0 aliphatic heterocycles. The predicted octanol–water partition coefficient (Wildman–Crippen LogP) is 3.96. The number of thiazole rings is 1. The molecule has 0 fully saturated rings. The van der Waals surface area contributed by atoms with Crippen molar-refractivity contribution in [2.75, 3.05) is 25.0 Å². The molecule has 28 heavy (non-hydrogen) atoms.